The van der Waals surface area contributed by atoms with E-state index in [0.717, 1.165) is 67.9 Å². The molecule has 2 aliphatic rings. The quantitative estimate of drug-likeness (QED) is 0.0577. The lowest BCUT2D eigenvalue weighted by Crippen LogP contribution is -2.41. The van der Waals surface area contributed by atoms with Gasteiger partial charge in [-0.3, -0.25) is 9.59 Å². The Balaban J connectivity index is 0.000000259. The number of hydrogen-bond acceptors (Lipinski definition) is 11. The Bertz CT molecular complexity index is 3030. The number of carbonyl (C=O) groups is 3. The molecule has 2 aromatic heterocycles. The summed E-state index contributed by atoms with van der Waals surface area (Å²) in [4.78, 5) is 53.8. The molecule has 0 bridgehead atoms. The molecule has 14 nitrogen and oxygen atoms in total. The van der Waals surface area contributed by atoms with Gasteiger partial charge in [0.15, 0.2) is 0 Å². The van der Waals surface area contributed by atoms with Gasteiger partial charge in [-0.1, -0.05) is 80.2 Å². The molecule has 4 heterocycles. The van der Waals surface area contributed by atoms with E-state index >= 15 is 0 Å². The minimum atomic E-state index is -4.62. The second-order valence-corrected chi connectivity index (χ2v) is 21.0. The summed E-state index contributed by atoms with van der Waals surface area (Å²) in [7, 11) is 0. The van der Waals surface area contributed by atoms with Crippen molar-refractivity contribution < 1.29 is 45.5 Å². The Morgan fingerprint density at radius 2 is 1.00 bits per heavy atom. The number of anilines is 4. The van der Waals surface area contributed by atoms with Crippen LogP contribution in [0.3, 0.4) is 0 Å². The van der Waals surface area contributed by atoms with Gasteiger partial charge in [0.25, 0.3) is 0 Å². The first kappa shape index (κ1) is 61.6. The number of ether oxygens (including phenoxy) is 1. The molecule has 2 unspecified atom stereocenters. The van der Waals surface area contributed by atoms with E-state index in [9.17, 15) is 40.7 Å². The predicted molar refractivity (Wildman–Crippen MR) is 298 cm³/mol. The molecule has 0 radical (unpaired) electrons. The Morgan fingerprint density at radius 3 is 1.38 bits per heavy atom. The zero-order valence-electron chi connectivity index (χ0n) is 45.0. The molecule has 0 saturated carbocycles. The van der Waals surface area contributed by atoms with Crippen LogP contribution >= 0.6 is 0 Å². The largest absolute Gasteiger partial charge is 0.444 e. The number of hydrogen-bond donors (Lipinski definition) is 5. The summed E-state index contributed by atoms with van der Waals surface area (Å²) in [5.74, 6) is -1.16. The van der Waals surface area contributed by atoms with Crippen LogP contribution in [0.15, 0.2) is 109 Å². The lowest BCUT2D eigenvalue weighted by molar-refractivity contribution is -0.139. The molecule has 2 atom stereocenters. The van der Waals surface area contributed by atoms with Gasteiger partial charge in [0, 0.05) is 36.9 Å². The standard InChI is InChI=1S/C32H38F3N5O3.C27H30F3N5O.CH4/c1-20(28(36)41)25-8-6-5-7-23(25)11-14-27-26(32(33,34)35)19-37-29(39-27)38-24-12-9-21(10-13-24)22-15-17-40(18-16-22)30(42)43-31(2,3)4;1-17(25(31)36)22-5-3-2-4-20(22)8-11-24-23(27(28,29)30)16-33-26(35-24)34-21-9-6-18(7-10-21)19-12-14-32-15-13-19;/h5-10,12-13,19-20,22H,11,14-18H2,1-4H3,(H2,36,41)(H,37,38,39);2-7,9-10,16-17,19,32H,8,11-15H2,1H3,(H2,31,36)(H,33,34,35);1H4. The number of nitrogens with zero attached hydrogens (tertiary/aromatic N) is 5. The number of carbonyl (C=O) groups excluding carboxylic acids is 3. The number of primary amides is 2. The summed E-state index contributed by atoms with van der Waals surface area (Å²) in [5.41, 5.74) is 15.0. The van der Waals surface area contributed by atoms with Crippen molar-refractivity contribution in [2.75, 3.05) is 36.8 Å². The highest BCUT2D eigenvalue weighted by Gasteiger charge is 2.36. The number of nitrogens with two attached hydrogens (primary N) is 2. The van der Waals surface area contributed by atoms with E-state index < -0.39 is 52.7 Å². The van der Waals surface area contributed by atoms with Gasteiger partial charge in [-0.2, -0.15) is 26.3 Å². The minimum absolute atomic E-state index is 0. The average molecular weight is 1110 g/mol. The summed E-state index contributed by atoms with van der Waals surface area (Å²) < 4.78 is 88.0. The highest BCUT2D eigenvalue weighted by molar-refractivity contribution is 5.82. The molecular formula is C60H72F6N10O4. The normalized spacial score (nSPS) is 15.1. The van der Waals surface area contributed by atoms with Crippen molar-refractivity contribution in [3.63, 3.8) is 0 Å². The smallest absolute Gasteiger partial charge is 0.419 e. The number of likely N-dealkylation sites (tertiary alicyclic amines) is 1. The number of aromatic nitrogens is 4. The maximum atomic E-state index is 13.8. The lowest BCUT2D eigenvalue weighted by Gasteiger charge is -2.33. The number of halogens is 6. The van der Waals surface area contributed by atoms with E-state index in [1.807, 2.05) is 69.3 Å². The van der Waals surface area contributed by atoms with Gasteiger partial charge in [-0.25, -0.2) is 24.7 Å². The fraction of sp³-hybridized carbons (Fsp3) is 0.417. The Labute approximate surface area is 463 Å². The van der Waals surface area contributed by atoms with E-state index in [1.165, 1.54) is 5.56 Å². The maximum absolute atomic E-state index is 13.8. The van der Waals surface area contributed by atoms with Crippen molar-refractivity contribution >= 4 is 41.2 Å². The van der Waals surface area contributed by atoms with Crippen molar-refractivity contribution in [3.8, 4) is 0 Å². The Hall–Kier alpha value is -7.61. The summed E-state index contributed by atoms with van der Waals surface area (Å²) in [6.07, 6.45) is -3.55. The van der Waals surface area contributed by atoms with E-state index in [4.69, 9.17) is 16.2 Å². The first-order valence-electron chi connectivity index (χ1n) is 26.5. The van der Waals surface area contributed by atoms with Crippen molar-refractivity contribution in [3.05, 3.63) is 165 Å². The third kappa shape index (κ3) is 17.0. The molecule has 2 saturated heterocycles. The molecule has 6 aromatic rings. The number of nitrogens with one attached hydrogen (secondary N) is 3. The third-order valence-corrected chi connectivity index (χ3v) is 14.3. The first-order chi connectivity index (χ1) is 37.4. The van der Waals surface area contributed by atoms with Gasteiger partial charge >= 0.3 is 18.4 Å². The number of aryl methyl sites for hydroxylation is 4. The lowest BCUT2D eigenvalue weighted by atomic mass is 9.89. The van der Waals surface area contributed by atoms with E-state index in [-0.39, 0.29) is 68.4 Å². The van der Waals surface area contributed by atoms with Gasteiger partial charge in [-0.15, -0.1) is 0 Å². The molecule has 0 aliphatic carbocycles. The van der Waals surface area contributed by atoms with Gasteiger partial charge < -0.3 is 37.1 Å². The monoisotopic (exact) mass is 1110 g/mol. The molecule has 428 valence electrons. The molecule has 20 heteroatoms. The average Bonchev–Trinajstić information content (AvgIpc) is 3.42. The van der Waals surface area contributed by atoms with E-state index in [1.54, 1.807) is 67.3 Å². The van der Waals surface area contributed by atoms with Crippen LogP contribution in [0.4, 0.5) is 54.4 Å². The van der Waals surface area contributed by atoms with Crippen LogP contribution in [0.1, 0.15) is 147 Å². The number of piperidine rings is 2. The van der Waals surface area contributed by atoms with E-state index in [0.29, 0.717) is 41.5 Å². The fourth-order valence-electron chi connectivity index (χ4n) is 9.80. The van der Waals surface area contributed by atoms with Crippen LogP contribution < -0.4 is 27.4 Å². The summed E-state index contributed by atoms with van der Waals surface area (Å²) >= 11 is 0. The van der Waals surface area contributed by atoms with Crippen LogP contribution in [-0.2, 0) is 52.4 Å². The predicted octanol–water partition coefficient (Wildman–Crippen LogP) is 12.4. The van der Waals surface area contributed by atoms with Crippen LogP contribution in [0, 0.1) is 0 Å². The molecule has 0 spiro atoms. The third-order valence-electron chi connectivity index (χ3n) is 14.3. The summed E-state index contributed by atoms with van der Waals surface area (Å²) in [6, 6.07) is 29.7. The second-order valence-electron chi connectivity index (χ2n) is 21.0. The number of rotatable bonds is 16. The van der Waals surface area contributed by atoms with Gasteiger partial charge in [0.2, 0.25) is 23.7 Å². The highest BCUT2D eigenvalue weighted by Crippen LogP contribution is 2.36. The molecule has 4 aromatic carbocycles. The zero-order chi connectivity index (χ0) is 57.1. The highest BCUT2D eigenvalue weighted by atomic mass is 19.4. The minimum Gasteiger partial charge on any atom is -0.444 e. The topological polar surface area (TPSA) is 203 Å². The molecule has 8 rings (SSSR count). The Morgan fingerprint density at radius 1 is 0.613 bits per heavy atom. The van der Waals surface area contributed by atoms with Crippen molar-refractivity contribution in [1.82, 2.24) is 30.2 Å². The van der Waals surface area contributed by atoms with Crippen molar-refractivity contribution in [2.45, 2.75) is 135 Å². The van der Waals surface area contributed by atoms with Gasteiger partial charge in [0.05, 0.1) is 34.4 Å². The van der Waals surface area contributed by atoms with Crippen molar-refractivity contribution in [1.29, 1.82) is 0 Å². The van der Waals surface area contributed by atoms with Crippen LogP contribution in [0.25, 0.3) is 0 Å². The fourth-order valence-corrected chi connectivity index (χ4v) is 9.80. The summed E-state index contributed by atoms with van der Waals surface area (Å²) in [6.45, 7) is 12.1. The van der Waals surface area contributed by atoms with Gasteiger partial charge in [-0.05, 0) is 169 Å². The van der Waals surface area contributed by atoms with E-state index in [2.05, 4.69) is 35.9 Å². The molecule has 3 amide bonds. The second kappa shape index (κ2) is 27.0. The SMILES string of the molecule is C.CC(C(N)=O)c1ccccc1CCc1nc(Nc2ccc(C3CCN(C(=O)OC(C)(C)C)CC3)cc2)ncc1C(F)(F)F.CC(C(N)=O)c1ccccc1CCc1nc(Nc2ccc(C3CCNCC3)cc2)ncc1C(F)(F)F. The van der Waals surface area contributed by atoms with Gasteiger partial charge in [0.1, 0.15) is 5.60 Å². The first-order valence-corrected chi connectivity index (χ1v) is 26.5. The zero-order valence-corrected chi connectivity index (χ0v) is 45.0. The molecule has 2 fully saturated rings. The molecule has 7 N–H and O–H groups in total. The molecular weight excluding hydrogens is 1040 g/mol. The molecule has 80 heavy (non-hydrogen) atoms. The Kier molecular flexibility index (Phi) is 20.8. The van der Waals surface area contributed by atoms with Crippen LogP contribution in [-0.4, -0.2) is 74.5 Å². The van der Waals surface area contributed by atoms with Crippen molar-refractivity contribution in [2.24, 2.45) is 11.5 Å². The molecule has 2 aliphatic heterocycles. The van der Waals surface area contributed by atoms with Crippen LogP contribution in [0.2, 0.25) is 0 Å². The number of alkyl halides is 6. The maximum Gasteiger partial charge on any atom is 0.419 e. The number of benzene rings is 4. The summed E-state index contributed by atoms with van der Waals surface area (Å²) in [5, 5.41) is 9.41. The van der Waals surface area contributed by atoms with Crippen LogP contribution in [0.5, 0.6) is 0 Å². The number of amides is 3.